The monoisotopic (exact) mass is 209 g/mol. The van der Waals surface area contributed by atoms with Crippen LogP contribution in [0.2, 0.25) is 0 Å². The summed E-state index contributed by atoms with van der Waals surface area (Å²) in [6.45, 7) is 6.32. The topological polar surface area (TPSA) is 33.1 Å². The fourth-order valence-electron chi connectivity index (χ4n) is 2.80. The predicted octanol–water partition coefficient (Wildman–Crippen LogP) is 3.61. The van der Waals surface area contributed by atoms with Gasteiger partial charge in [-0.05, 0) is 43.9 Å². The molecular formula is C13H23NO. The van der Waals surface area contributed by atoms with E-state index < -0.39 is 0 Å². The number of ether oxygens (including phenoxy) is 1. The van der Waals surface area contributed by atoms with Gasteiger partial charge in [0.1, 0.15) is 6.10 Å². The Hall–Kier alpha value is -0.530. The third-order valence-electron chi connectivity index (χ3n) is 4.44. The van der Waals surface area contributed by atoms with Gasteiger partial charge in [0.05, 0.1) is 0 Å². The Morgan fingerprint density at radius 3 is 2.53 bits per heavy atom. The van der Waals surface area contributed by atoms with Crippen molar-refractivity contribution in [2.24, 2.45) is 17.3 Å². The van der Waals surface area contributed by atoms with Gasteiger partial charge in [-0.2, -0.15) is 0 Å². The number of rotatable bonds is 3. The van der Waals surface area contributed by atoms with E-state index in [9.17, 15) is 0 Å². The third-order valence-corrected chi connectivity index (χ3v) is 4.44. The van der Waals surface area contributed by atoms with Gasteiger partial charge >= 0.3 is 0 Å². The Balaban J connectivity index is 1.90. The molecule has 2 nitrogen and oxygen atoms in total. The first-order valence-electron chi connectivity index (χ1n) is 6.28. The summed E-state index contributed by atoms with van der Waals surface area (Å²) in [5, 5.41) is 8.01. The molecule has 0 spiro atoms. The lowest BCUT2D eigenvalue weighted by molar-refractivity contribution is 0.105. The van der Waals surface area contributed by atoms with Gasteiger partial charge in [0.25, 0.3) is 0 Å². The first-order chi connectivity index (χ1) is 7.03. The highest BCUT2D eigenvalue weighted by atomic mass is 16.5. The highest BCUT2D eigenvalue weighted by molar-refractivity contribution is 5.78. The normalized spacial score (nSPS) is 34.5. The second kappa shape index (κ2) is 3.80. The van der Waals surface area contributed by atoms with Gasteiger partial charge in [0.2, 0.25) is 0 Å². The zero-order valence-electron chi connectivity index (χ0n) is 10.2. The van der Waals surface area contributed by atoms with Crippen molar-refractivity contribution < 1.29 is 4.74 Å². The SMILES string of the molecule is CCC(C)(C)C(=N)OC1CC2CCC1C2. The van der Waals surface area contributed by atoms with Crippen molar-refractivity contribution in [1.29, 1.82) is 5.41 Å². The van der Waals surface area contributed by atoms with Crippen LogP contribution in [-0.4, -0.2) is 12.0 Å². The molecule has 3 unspecified atom stereocenters. The van der Waals surface area contributed by atoms with E-state index in [1.807, 2.05) is 0 Å². The van der Waals surface area contributed by atoms with E-state index in [1.54, 1.807) is 0 Å². The number of nitrogens with one attached hydrogen (secondary N) is 1. The van der Waals surface area contributed by atoms with Gasteiger partial charge in [-0.1, -0.05) is 20.8 Å². The van der Waals surface area contributed by atoms with Crippen molar-refractivity contribution in [2.45, 2.75) is 59.0 Å². The molecule has 0 aromatic heterocycles. The lowest BCUT2D eigenvalue weighted by Crippen LogP contribution is -2.32. The van der Waals surface area contributed by atoms with Crippen LogP contribution in [0.1, 0.15) is 52.9 Å². The van der Waals surface area contributed by atoms with Crippen LogP contribution >= 0.6 is 0 Å². The second-order valence-electron chi connectivity index (χ2n) is 5.90. The molecule has 2 fully saturated rings. The van der Waals surface area contributed by atoms with Crippen LogP contribution in [0.4, 0.5) is 0 Å². The van der Waals surface area contributed by atoms with Crippen LogP contribution in [-0.2, 0) is 4.74 Å². The minimum absolute atomic E-state index is 0.0815. The average molecular weight is 209 g/mol. The molecular weight excluding hydrogens is 186 g/mol. The summed E-state index contributed by atoms with van der Waals surface area (Å²) in [6.07, 6.45) is 6.62. The lowest BCUT2D eigenvalue weighted by Gasteiger charge is -2.29. The summed E-state index contributed by atoms with van der Waals surface area (Å²) in [5.74, 6) is 2.16. The van der Waals surface area contributed by atoms with Crippen LogP contribution < -0.4 is 0 Å². The predicted molar refractivity (Wildman–Crippen MR) is 62.1 cm³/mol. The zero-order valence-corrected chi connectivity index (χ0v) is 10.2. The minimum Gasteiger partial charge on any atom is -0.477 e. The summed E-state index contributed by atoms with van der Waals surface area (Å²) in [4.78, 5) is 0. The summed E-state index contributed by atoms with van der Waals surface area (Å²) < 4.78 is 5.88. The van der Waals surface area contributed by atoms with Crippen molar-refractivity contribution in [3.05, 3.63) is 0 Å². The van der Waals surface area contributed by atoms with Crippen LogP contribution in [0.5, 0.6) is 0 Å². The molecule has 0 saturated heterocycles. The maximum Gasteiger partial charge on any atom is 0.186 e. The molecule has 0 aromatic rings. The summed E-state index contributed by atoms with van der Waals surface area (Å²) >= 11 is 0. The molecule has 15 heavy (non-hydrogen) atoms. The molecule has 2 rings (SSSR count). The molecule has 2 aliphatic carbocycles. The van der Waals surface area contributed by atoms with Crippen molar-refractivity contribution in [3.8, 4) is 0 Å². The molecule has 3 atom stereocenters. The first-order valence-corrected chi connectivity index (χ1v) is 6.28. The lowest BCUT2D eigenvalue weighted by atomic mass is 9.89. The number of hydrogen-bond acceptors (Lipinski definition) is 2. The van der Waals surface area contributed by atoms with E-state index in [4.69, 9.17) is 10.1 Å². The summed E-state index contributed by atoms with van der Waals surface area (Å²) in [7, 11) is 0. The molecule has 1 N–H and O–H groups in total. The van der Waals surface area contributed by atoms with Gasteiger partial charge in [-0.15, -0.1) is 0 Å². The molecule has 0 aliphatic heterocycles. The summed E-state index contributed by atoms with van der Waals surface area (Å²) in [6, 6.07) is 0. The van der Waals surface area contributed by atoms with E-state index >= 15 is 0 Å². The zero-order chi connectivity index (χ0) is 11.1. The number of fused-ring (bicyclic) bond motifs is 2. The fourth-order valence-corrected chi connectivity index (χ4v) is 2.80. The average Bonchev–Trinajstić information content (AvgIpc) is 2.79. The molecule has 0 aromatic carbocycles. The summed E-state index contributed by atoms with van der Waals surface area (Å²) in [5.41, 5.74) is -0.0815. The van der Waals surface area contributed by atoms with Gasteiger partial charge in [-0.3, -0.25) is 5.41 Å². The van der Waals surface area contributed by atoms with Crippen molar-refractivity contribution >= 4 is 5.90 Å². The minimum atomic E-state index is -0.0815. The van der Waals surface area contributed by atoms with Crippen molar-refractivity contribution in [3.63, 3.8) is 0 Å². The Bertz CT molecular complexity index is 259. The smallest absolute Gasteiger partial charge is 0.186 e. The Labute approximate surface area is 92.9 Å². The van der Waals surface area contributed by atoms with Crippen LogP contribution in [0, 0.1) is 22.7 Å². The van der Waals surface area contributed by atoms with Gasteiger partial charge in [0.15, 0.2) is 5.90 Å². The Kier molecular flexibility index (Phi) is 2.78. The van der Waals surface area contributed by atoms with E-state index in [1.165, 1.54) is 25.7 Å². The molecule has 2 saturated carbocycles. The quantitative estimate of drug-likeness (QED) is 0.559. The Morgan fingerprint density at radius 2 is 2.07 bits per heavy atom. The van der Waals surface area contributed by atoms with Crippen LogP contribution in [0.3, 0.4) is 0 Å². The highest BCUT2D eigenvalue weighted by Gasteiger charge is 2.42. The van der Waals surface area contributed by atoms with E-state index in [2.05, 4.69) is 20.8 Å². The van der Waals surface area contributed by atoms with Gasteiger partial charge in [-0.25, -0.2) is 0 Å². The van der Waals surface area contributed by atoms with Crippen molar-refractivity contribution in [1.82, 2.24) is 0 Å². The van der Waals surface area contributed by atoms with E-state index in [-0.39, 0.29) is 5.41 Å². The molecule has 0 radical (unpaired) electrons. The largest absolute Gasteiger partial charge is 0.477 e. The van der Waals surface area contributed by atoms with E-state index in [0.717, 1.165) is 18.3 Å². The maximum absolute atomic E-state index is 8.01. The third kappa shape index (κ3) is 2.04. The number of hydrogen-bond donors (Lipinski definition) is 1. The van der Waals surface area contributed by atoms with E-state index in [0.29, 0.717) is 12.0 Å². The van der Waals surface area contributed by atoms with Crippen LogP contribution in [0.15, 0.2) is 0 Å². The molecule has 0 amide bonds. The van der Waals surface area contributed by atoms with Crippen LogP contribution in [0.25, 0.3) is 0 Å². The molecule has 2 bridgehead atoms. The molecule has 2 aliphatic rings. The fraction of sp³-hybridized carbons (Fsp3) is 0.923. The standard InChI is InChI=1S/C13H23NO/c1-4-13(2,3)12(14)15-11-8-9-5-6-10(11)7-9/h9-11,14H,4-8H2,1-3H3. The van der Waals surface area contributed by atoms with Crippen molar-refractivity contribution in [2.75, 3.05) is 0 Å². The van der Waals surface area contributed by atoms with Gasteiger partial charge in [0, 0.05) is 5.41 Å². The highest BCUT2D eigenvalue weighted by Crippen LogP contribution is 2.46. The molecule has 0 heterocycles. The first kappa shape index (κ1) is 11.0. The second-order valence-corrected chi connectivity index (χ2v) is 5.90. The molecule has 2 heteroatoms. The maximum atomic E-state index is 8.01. The molecule has 86 valence electrons. The van der Waals surface area contributed by atoms with Gasteiger partial charge < -0.3 is 4.74 Å². The Morgan fingerprint density at radius 1 is 1.33 bits per heavy atom.